The van der Waals surface area contributed by atoms with Crippen molar-refractivity contribution in [2.24, 2.45) is 5.92 Å². The van der Waals surface area contributed by atoms with E-state index in [-0.39, 0.29) is 16.7 Å². The molecule has 0 radical (unpaired) electrons. The predicted molar refractivity (Wildman–Crippen MR) is 59.7 cm³/mol. The highest BCUT2D eigenvalue weighted by molar-refractivity contribution is 6.30. The molecule has 80 valence electrons. The molecule has 0 saturated heterocycles. The molecule has 13 heavy (non-hydrogen) atoms. The maximum absolute atomic E-state index is 9.65. The summed E-state index contributed by atoms with van der Waals surface area (Å²) in [7, 11) is 0. The van der Waals surface area contributed by atoms with Gasteiger partial charge in [-0.15, -0.1) is 23.2 Å². The van der Waals surface area contributed by atoms with Crippen LogP contribution in [0.1, 0.15) is 40.0 Å². The lowest BCUT2D eigenvalue weighted by molar-refractivity contribution is 0.118. The van der Waals surface area contributed by atoms with Crippen molar-refractivity contribution < 1.29 is 5.11 Å². The summed E-state index contributed by atoms with van der Waals surface area (Å²) in [6.07, 6.45) is 2.57. The van der Waals surface area contributed by atoms with Gasteiger partial charge in [0.1, 0.15) is 0 Å². The van der Waals surface area contributed by atoms with Crippen LogP contribution in [-0.2, 0) is 0 Å². The van der Waals surface area contributed by atoms with Gasteiger partial charge in [0.05, 0.1) is 16.9 Å². The Morgan fingerprint density at radius 2 is 1.77 bits per heavy atom. The lowest BCUT2D eigenvalue weighted by Crippen LogP contribution is -2.33. The van der Waals surface area contributed by atoms with E-state index < -0.39 is 6.10 Å². The number of unbranched alkanes of at least 4 members (excludes halogenated alkanes) is 1. The quantitative estimate of drug-likeness (QED) is 0.689. The van der Waals surface area contributed by atoms with Crippen LogP contribution in [0.4, 0.5) is 0 Å². The summed E-state index contributed by atoms with van der Waals surface area (Å²) < 4.78 is 0. The highest BCUT2D eigenvalue weighted by Gasteiger charge is 2.26. The van der Waals surface area contributed by atoms with Crippen LogP contribution in [0.3, 0.4) is 0 Å². The molecule has 0 aromatic rings. The summed E-state index contributed by atoms with van der Waals surface area (Å²) in [5.74, 6) is 0.172. The Morgan fingerprint density at radius 1 is 1.23 bits per heavy atom. The maximum atomic E-state index is 9.65. The Morgan fingerprint density at radius 3 is 2.15 bits per heavy atom. The van der Waals surface area contributed by atoms with Gasteiger partial charge in [0, 0.05) is 0 Å². The number of halogens is 2. The van der Waals surface area contributed by atoms with E-state index in [9.17, 15) is 5.11 Å². The van der Waals surface area contributed by atoms with Gasteiger partial charge in [-0.25, -0.2) is 0 Å². The molecule has 0 amide bonds. The van der Waals surface area contributed by atoms with Crippen molar-refractivity contribution in [3.63, 3.8) is 0 Å². The summed E-state index contributed by atoms with van der Waals surface area (Å²) in [6.45, 7) is 6.01. The van der Waals surface area contributed by atoms with Gasteiger partial charge >= 0.3 is 0 Å². The van der Waals surface area contributed by atoms with E-state index in [0.717, 1.165) is 19.3 Å². The molecular weight excluding hydrogens is 207 g/mol. The van der Waals surface area contributed by atoms with Crippen LogP contribution in [0.15, 0.2) is 0 Å². The number of rotatable bonds is 6. The van der Waals surface area contributed by atoms with Crippen molar-refractivity contribution in [3.8, 4) is 0 Å². The van der Waals surface area contributed by atoms with Crippen LogP contribution in [0.25, 0.3) is 0 Å². The number of aliphatic hydroxyl groups excluding tert-OH is 1. The second-order valence-electron chi connectivity index (χ2n) is 3.84. The van der Waals surface area contributed by atoms with Crippen LogP contribution in [-0.4, -0.2) is 22.0 Å². The third-order valence-corrected chi connectivity index (χ3v) is 3.37. The van der Waals surface area contributed by atoms with Crippen LogP contribution >= 0.6 is 23.2 Å². The molecular formula is C10H20Cl2O. The van der Waals surface area contributed by atoms with Gasteiger partial charge < -0.3 is 5.11 Å². The normalized spacial score (nSPS) is 18.7. The molecule has 3 atom stereocenters. The Bertz CT molecular complexity index is 128. The van der Waals surface area contributed by atoms with Crippen molar-refractivity contribution in [1.82, 2.24) is 0 Å². The predicted octanol–water partition coefficient (Wildman–Crippen LogP) is 3.41. The van der Waals surface area contributed by atoms with E-state index in [1.807, 2.05) is 13.8 Å². The van der Waals surface area contributed by atoms with E-state index in [1.54, 1.807) is 0 Å². The fourth-order valence-corrected chi connectivity index (χ4v) is 1.86. The standard InChI is InChI=1S/C10H20Cl2O/c1-4-5-6-8(11)9(12)10(13)7(2)3/h7-10,13H,4-6H2,1-3H3/t8-,9-,10?/m1/s1. The van der Waals surface area contributed by atoms with Crippen LogP contribution in [0.2, 0.25) is 0 Å². The van der Waals surface area contributed by atoms with Crippen molar-refractivity contribution >= 4 is 23.2 Å². The van der Waals surface area contributed by atoms with E-state index in [2.05, 4.69) is 6.92 Å². The average molecular weight is 227 g/mol. The minimum atomic E-state index is -0.499. The molecule has 0 heterocycles. The van der Waals surface area contributed by atoms with E-state index in [1.165, 1.54) is 0 Å². The molecule has 1 unspecified atom stereocenters. The smallest absolute Gasteiger partial charge is 0.0761 e. The fourth-order valence-electron chi connectivity index (χ4n) is 1.14. The molecule has 1 N–H and O–H groups in total. The number of hydrogen-bond acceptors (Lipinski definition) is 1. The highest BCUT2D eigenvalue weighted by atomic mass is 35.5. The summed E-state index contributed by atoms with van der Waals surface area (Å²) in [5.41, 5.74) is 0. The topological polar surface area (TPSA) is 20.2 Å². The van der Waals surface area contributed by atoms with Gasteiger partial charge in [-0.05, 0) is 12.3 Å². The molecule has 0 aromatic carbocycles. The fraction of sp³-hybridized carbons (Fsp3) is 1.00. The largest absolute Gasteiger partial charge is 0.391 e. The van der Waals surface area contributed by atoms with E-state index in [4.69, 9.17) is 23.2 Å². The number of hydrogen-bond donors (Lipinski definition) is 1. The first-order valence-electron chi connectivity index (χ1n) is 4.96. The van der Waals surface area contributed by atoms with Crippen LogP contribution < -0.4 is 0 Å². The second-order valence-corrected chi connectivity index (χ2v) is 4.90. The SMILES string of the molecule is CCCC[C@@H](Cl)[C@@H](Cl)C(O)C(C)C. The van der Waals surface area contributed by atoms with Crippen molar-refractivity contribution in [2.75, 3.05) is 0 Å². The van der Waals surface area contributed by atoms with Crippen molar-refractivity contribution in [2.45, 2.75) is 56.9 Å². The highest BCUT2D eigenvalue weighted by Crippen LogP contribution is 2.23. The van der Waals surface area contributed by atoms with Gasteiger partial charge in [0.15, 0.2) is 0 Å². The minimum Gasteiger partial charge on any atom is -0.391 e. The zero-order valence-electron chi connectivity index (χ0n) is 8.63. The Labute approximate surface area is 91.4 Å². The van der Waals surface area contributed by atoms with Gasteiger partial charge in [-0.2, -0.15) is 0 Å². The maximum Gasteiger partial charge on any atom is 0.0761 e. The first-order valence-corrected chi connectivity index (χ1v) is 5.84. The van der Waals surface area contributed by atoms with Gasteiger partial charge in [0.2, 0.25) is 0 Å². The lowest BCUT2D eigenvalue weighted by Gasteiger charge is -2.24. The van der Waals surface area contributed by atoms with Crippen LogP contribution in [0.5, 0.6) is 0 Å². The van der Waals surface area contributed by atoms with Crippen molar-refractivity contribution in [1.29, 1.82) is 0 Å². The molecule has 0 aliphatic heterocycles. The average Bonchev–Trinajstić information content (AvgIpc) is 2.11. The molecule has 0 fully saturated rings. The molecule has 0 aromatic heterocycles. The van der Waals surface area contributed by atoms with Crippen LogP contribution in [0, 0.1) is 5.92 Å². The Kier molecular flexibility index (Phi) is 7.20. The third-order valence-electron chi connectivity index (χ3n) is 2.19. The van der Waals surface area contributed by atoms with Gasteiger partial charge in [-0.3, -0.25) is 0 Å². The lowest BCUT2D eigenvalue weighted by atomic mass is 10.00. The summed E-state index contributed by atoms with van der Waals surface area (Å²) in [6, 6.07) is 0. The van der Waals surface area contributed by atoms with Gasteiger partial charge in [-0.1, -0.05) is 33.6 Å². The zero-order valence-corrected chi connectivity index (χ0v) is 10.1. The second kappa shape index (κ2) is 6.92. The molecule has 3 heteroatoms. The molecule has 0 bridgehead atoms. The molecule has 0 spiro atoms. The summed E-state index contributed by atoms with van der Waals surface area (Å²) >= 11 is 12.1. The molecule has 0 aliphatic rings. The minimum absolute atomic E-state index is 0.112. The summed E-state index contributed by atoms with van der Waals surface area (Å²) in [5, 5.41) is 9.21. The number of aliphatic hydroxyl groups is 1. The van der Waals surface area contributed by atoms with E-state index in [0.29, 0.717) is 0 Å². The van der Waals surface area contributed by atoms with Crippen molar-refractivity contribution in [3.05, 3.63) is 0 Å². The molecule has 0 aliphatic carbocycles. The Balaban J connectivity index is 3.86. The first-order chi connectivity index (χ1) is 6.00. The zero-order chi connectivity index (χ0) is 10.4. The molecule has 0 rings (SSSR count). The number of alkyl halides is 2. The first kappa shape index (κ1) is 13.5. The van der Waals surface area contributed by atoms with Gasteiger partial charge in [0.25, 0.3) is 0 Å². The Hall–Kier alpha value is 0.540. The monoisotopic (exact) mass is 226 g/mol. The van der Waals surface area contributed by atoms with E-state index >= 15 is 0 Å². The molecule has 0 saturated carbocycles. The molecule has 1 nitrogen and oxygen atoms in total. The summed E-state index contributed by atoms with van der Waals surface area (Å²) in [4.78, 5) is 0. The third kappa shape index (κ3) is 5.09.